The van der Waals surface area contributed by atoms with E-state index in [-0.39, 0.29) is 23.0 Å². The van der Waals surface area contributed by atoms with Crippen LogP contribution in [-0.2, 0) is 14.1 Å². The number of likely N-dealkylation sites (tertiary alicyclic amines) is 1. The number of carbonyl (C=O) groups is 1. The lowest BCUT2D eigenvalue weighted by molar-refractivity contribution is -0.130. The van der Waals surface area contributed by atoms with Crippen molar-refractivity contribution in [2.45, 2.75) is 63.3 Å². The van der Waals surface area contributed by atoms with Gasteiger partial charge in [-0.2, -0.15) is 0 Å². The Balaban J connectivity index is 1.47. The standard InChI is InChI=1S/C19H29BClN3O3S/c1-18(2)19(3,4)27-20(26-18)15-11-22-17(23-12-15)28-9-7-14-6-5-8-24(13-14)16(25)10-21/h11-12,14H,5-10,13H2,1-4H3/t14-/m1/s1. The molecule has 0 aromatic carbocycles. The van der Waals surface area contributed by atoms with Gasteiger partial charge in [-0.1, -0.05) is 11.8 Å². The molecule has 3 heterocycles. The van der Waals surface area contributed by atoms with Gasteiger partial charge in [0.2, 0.25) is 5.91 Å². The van der Waals surface area contributed by atoms with Gasteiger partial charge >= 0.3 is 7.12 Å². The van der Waals surface area contributed by atoms with Crippen molar-refractivity contribution in [3.8, 4) is 0 Å². The molecule has 2 aliphatic rings. The van der Waals surface area contributed by atoms with E-state index in [2.05, 4.69) is 9.97 Å². The first-order valence-electron chi connectivity index (χ1n) is 9.86. The quantitative estimate of drug-likeness (QED) is 0.302. The molecule has 9 heteroatoms. The number of alkyl halides is 1. The van der Waals surface area contributed by atoms with Crippen molar-refractivity contribution >= 4 is 41.9 Å². The zero-order valence-electron chi connectivity index (χ0n) is 17.1. The van der Waals surface area contributed by atoms with Crippen LogP contribution in [0, 0.1) is 5.92 Å². The van der Waals surface area contributed by atoms with Crippen molar-refractivity contribution < 1.29 is 14.1 Å². The van der Waals surface area contributed by atoms with Crippen molar-refractivity contribution in [2.75, 3.05) is 24.7 Å². The zero-order valence-corrected chi connectivity index (χ0v) is 18.7. The van der Waals surface area contributed by atoms with Gasteiger partial charge in [0, 0.05) is 36.7 Å². The highest BCUT2D eigenvalue weighted by atomic mass is 35.5. The summed E-state index contributed by atoms with van der Waals surface area (Å²) >= 11 is 7.33. The van der Waals surface area contributed by atoms with Gasteiger partial charge in [-0.25, -0.2) is 9.97 Å². The van der Waals surface area contributed by atoms with Crippen molar-refractivity contribution in [1.82, 2.24) is 14.9 Å². The number of amides is 1. The van der Waals surface area contributed by atoms with Gasteiger partial charge in [-0.05, 0) is 52.9 Å². The van der Waals surface area contributed by atoms with Crippen LogP contribution in [0.3, 0.4) is 0 Å². The monoisotopic (exact) mass is 425 g/mol. The lowest BCUT2D eigenvalue weighted by Gasteiger charge is -2.32. The molecule has 0 radical (unpaired) electrons. The Labute approximate surface area is 177 Å². The first kappa shape index (κ1) is 21.9. The molecule has 2 aliphatic heterocycles. The van der Waals surface area contributed by atoms with Crippen LogP contribution in [0.5, 0.6) is 0 Å². The summed E-state index contributed by atoms with van der Waals surface area (Å²) in [5.74, 6) is 1.58. The smallest absolute Gasteiger partial charge is 0.399 e. The van der Waals surface area contributed by atoms with E-state index < -0.39 is 7.12 Å². The highest BCUT2D eigenvalue weighted by Gasteiger charge is 2.51. The largest absolute Gasteiger partial charge is 0.498 e. The highest BCUT2D eigenvalue weighted by molar-refractivity contribution is 7.99. The van der Waals surface area contributed by atoms with Crippen LogP contribution < -0.4 is 5.46 Å². The van der Waals surface area contributed by atoms with Crippen molar-refractivity contribution in [1.29, 1.82) is 0 Å². The molecule has 0 unspecified atom stereocenters. The van der Waals surface area contributed by atoms with Gasteiger partial charge in [0.1, 0.15) is 5.88 Å². The van der Waals surface area contributed by atoms with E-state index in [4.69, 9.17) is 20.9 Å². The van der Waals surface area contributed by atoms with E-state index in [1.807, 2.05) is 32.6 Å². The Morgan fingerprint density at radius 2 is 1.93 bits per heavy atom. The van der Waals surface area contributed by atoms with Gasteiger partial charge < -0.3 is 14.2 Å². The maximum absolute atomic E-state index is 11.8. The summed E-state index contributed by atoms with van der Waals surface area (Å²) in [7, 11) is -0.434. The topological polar surface area (TPSA) is 64.5 Å². The lowest BCUT2D eigenvalue weighted by atomic mass is 9.81. The Kier molecular flexibility index (Phi) is 6.95. The molecule has 28 heavy (non-hydrogen) atoms. The molecule has 0 N–H and O–H groups in total. The second-order valence-corrected chi connectivity index (χ2v) is 9.84. The van der Waals surface area contributed by atoms with Gasteiger partial charge in [-0.3, -0.25) is 4.79 Å². The molecule has 154 valence electrons. The average Bonchev–Trinajstić information content (AvgIpc) is 2.89. The number of thioether (sulfide) groups is 1. The summed E-state index contributed by atoms with van der Waals surface area (Å²) in [6.45, 7) is 9.78. The SMILES string of the molecule is CC1(C)OB(c2cnc(SCC[C@H]3CCCN(C(=O)CCl)C3)nc2)OC1(C)C. The molecule has 3 rings (SSSR count). The van der Waals surface area contributed by atoms with Crippen molar-refractivity contribution in [3.63, 3.8) is 0 Å². The Morgan fingerprint density at radius 1 is 1.29 bits per heavy atom. The Bertz CT molecular complexity index is 674. The minimum absolute atomic E-state index is 0.0423. The van der Waals surface area contributed by atoms with E-state index in [9.17, 15) is 4.79 Å². The van der Waals surface area contributed by atoms with E-state index in [0.717, 1.165) is 48.7 Å². The summed E-state index contributed by atoms with van der Waals surface area (Å²) in [5.41, 5.74) is 0.0960. The van der Waals surface area contributed by atoms with Crippen LogP contribution in [0.15, 0.2) is 17.6 Å². The number of hydrogen-bond donors (Lipinski definition) is 0. The fourth-order valence-corrected chi connectivity index (χ4v) is 4.49. The molecule has 0 saturated carbocycles. The minimum Gasteiger partial charge on any atom is -0.399 e. The Hall–Kier alpha value is -0.825. The summed E-state index contributed by atoms with van der Waals surface area (Å²) in [5, 5.41) is 0.754. The van der Waals surface area contributed by atoms with E-state index in [1.165, 1.54) is 0 Å². The van der Waals surface area contributed by atoms with Gasteiger partial charge in [0.05, 0.1) is 11.2 Å². The molecular formula is C19H29BClN3O3S. The number of hydrogen-bond acceptors (Lipinski definition) is 6. The lowest BCUT2D eigenvalue weighted by Crippen LogP contribution is -2.41. The maximum Gasteiger partial charge on any atom is 0.498 e. The summed E-state index contributed by atoms with van der Waals surface area (Å²) in [6, 6.07) is 0. The normalized spacial score (nSPS) is 23.8. The molecule has 0 bridgehead atoms. The minimum atomic E-state index is -0.434. The van der Waals surface area contributed by atoms with Crippen LogP contribution in [-0.4, -0.2) is 63.8 Å². The predicted octanol–water partition coefficient (Wildman–Crippen LogP) is 2.74. The van der Waals surface area contributed by atoms with Crippen molar-refractivity contribution in [3.05, 3.63) is 12.4 Å². The summed E-state index contributed by atoms with van der Waals surface area (Å²) in [6.07, 6.45) is 6.84. The van der Waals surface area contributed by atoms with Crippen LogP contribution in [0.25, 0.3) is 0 Å². The number of nitrogens with zero attached hydrogens (tertiary/aromatic N) is 3. The van der Waals surface area contributed by atoms with E-state index >= 15 is 0 Å². The summed E-state index contributed by atoms with van der Waals surface area (Å²) in [4.78, 5) is 22.6. The Morgan fingerprint density at radius 3 is 2.54 bits per heavy atom. The van der Waals surface area contributed by atoms with Gasteiger partial charge in [0.25, 0.3) is 0 Å². The van der Waals surface area contributed by atoms with Crippen LogP contribution in [0.2, 0.25) is 0 Å². The molecule has 2 fully saturated rings. The van der Waals surface area contributed by atoms with E-state index in [0.29, 0.717) is 5.92 Å². The molecule has 2 saturated heterocycles. The molecule has 1 aromatic rings. The number of rotatable bonds is 6. The third kappa shape index (κ3) is 5.01. The molecule has 6 nitrogen and oxygen atoms in total. The number of aromatic nitrogens is 2. The summed E-state index contributed by atoms with van der Waals surface area (Å²) < 4.78 is 12.1. The number of carbonyl (C=O) groups excluding carboxylic acids is 1. The second-order valence-electron chi connectivity index (χ2n) is 8.51. The molecular weight excluding hydrogens is 397 g/mol. The molecule has 0 aliphatic carbocycles. The third-order valence-electron chi connectivity index (χ3n) is 5.92. The molecule has 1 aromatic heterocycles. The average molecular weight is 426 g/mol. The number of piperidine rings is 1. The zero-order chi connectivity index (χ0) is 20.4. The fraction of sp³-hybridized carbons (Fsp3) is 0.737. The number of halogens is 1. The second kappa shape index (κ2) is 8.90. The first-order chi connectivity index (χ1) is 13.2. The van der Waals surface area contributed by atoms with Crippen LogP contribution >= 0.6 is 23.4 Å². The van der Waals surface area contributed by atoms with Crippen LogP contribution in [0.1, 0.15) is 47.0 Å². The molecule has 1 atom stereocenters. The van der Waals surface area contributed by atoms with Gasteiger partial charge in [0.15, 0.2) is 5.16 Å². The fourth-order valence-electron chi connectivity index (χ4n) is 3.43. The van der Waals surface area contributed by atoms with E-state index in [1.54, 1.807) is 24.2 Å². The van der Waals surface area contributed by atoms with Crippen LogP contribution in [0.4, 0.5) is 0 Å². The maximum atomic E-state index is 11.8. The van der Waals surface area contributed by atoms with Gasteiger partial charge in [-0.15, -0.1) is 11.6 Å². The molecule has 0 spiro atoms. The van der Waals surface area contributed by atoms with Crippen molar-refractivity contribution in [2.24, 2.45) is 5.92 Å². The first-order valence-corrected chi connectivity index (χ1v) is 11.4. The third-order valence-corrected chi connectivity index (χ3v) is 7.05. The molecule has 1 amide bonds. The predicted molar refractivity (Wildman–Crippen MR) is 113 cm³/mol. The highest BCUT2D eigenvalue weighted by Crippen LogP contribution is 2.36.